The maximum Gasteiger partial charge on any atom is 0.264 e. The first-order chi connectivity index (χ1) is 20.0. The molecule has 0 radical (unpaired) electrons. The van der Waals surface area contributed by atoms with Gasteiger partial charge in [-0.15, -0.1) is 0 Å². The fraction of sp³-hybridized carbons (Fsp3) is 0.375. The number of nitrogens with zero attached hydrogens (tertiary/aromatic N) is 2. The molecule has 3 aromatic carbocycles. The van der Waals surface area contributed by atoms with Crippen molar-refractivity contribution in [2.45, 2.75) is 76.4 Å². The quantitative estimate of drug-likeness (QED) is 0.281. The molecule has 224 valence electrons. The highest BCUT2D eigenvalue weighted by Gasteiger charge is 2.35. The third kappa shape index (κ3) is 7.50. The van der Waals surface area contributed by atoms with Gasteiger partial charge in [-0.2, -0.15) is 0 Å². The number of benzene rings is 3. The molecule has 10 heteroatoms. The van der Waals surface area contributed by atoms with Gasteiger partial charge in [0, 0.05) is 17.6 Å². The number of hydrogen-bond donors (Lipinski definition) is 1. The van der Waals surface area contributed by atoms with Crippen LogP contribution in [0.3, 0.4) is 0 Å². The van der Waals surface area contributed by atoms with E-state index in [0.717, 1.165) is 35.6 Å². The summed E-state index contributed by atoms with van der Waals surface area (Å²) in [5, 5.41) is 3.40. The van der Waals surface area contributed by atoms with Crippen LogP contribution >= 0.6 is 11.6 Å². The van der Waals surface area contributed by atoms with E-state index in [1.165, 1.54) is 35.2 Å². The van der Waals surface area contributed by atoms with Gasteiger partial charge < -0.3 is 10.2 Å². The topological polar surface area (TPSA) is 86.8 Å². The van der Waals surface area contributed by atoms with Crippen LogP contribution in [0.25, 0.3) is 0 Å². The predicted octanol–water partition coefficient (Wildman–Crippen LogP) is 6.16. The molecular formula is C32H37ClFN3O4S. The van der Waals surface area contributed by atoms with Crippen LogP contribution in [0.2, 0.25) is 5.02 Å². The van der Waals surface area contributed by atoms with Crippen molar-refractivity contribution in [2.75, 3.05) is 10.8 Å². The minimum Gasteiger partial charge on any atom is -0.352 e. The van der Waals surface area contributed by atoms with Crippen molar-refractivity contribution < 1.29 is 22.4 Å². The normalized spacial score (nSPS) is 14.4. The van der Waals surface area contributed by atoms with Crippen molar-refractivity contribution in [1.82, 2.24) is 10.2 Å². The van der Waals surface area contributed by atoms with E-state index in [4.69, 9.17) is 11.6 Å². The lowest BCUT2D eigenvalue weighted by atomic mass is 10.1. The summed E-state index contributed by atoms with van der Waals surface area (Å²) in [7, 11) is -4.21. The van der Waals surface area contributed by atoms with Crippen molar-refractivity contribution in [3.05, 3.63) is 94.3 Å². The van der Waals surface area contributed by atoms with E-state index in [9.17, 15) is 22.4 Å². The summed E-state index contributed by atoms with van der Waals surface area (Å²) >= 11 is 6.29. The highest BCUT2D eigenvalue weighted by Crippen LogP contribution is 2.30. The Morgan fingerprint density at radius 3 is 2.26 bits per heavy atom. The van der Waals surface area contributed by atoms with E-state index in [2.05, 4.69) is 5.32 Å². The average Bonchev–Trinajstić information content (AvgIpc) is 3.47. The first-order valence-electron chi connectivity index (χ1n) is 14.2. The minimum atomic E-state index is -4.21. The molecule has 1 fully saturated rings. The Labute approximate surface area is 252 Å². The summed E-state index contributed by atoms with van der Waals surface area (Å²) in [5.74, 6) is -1.27. The van der Waals surface area contributed by atoms with E-state index in [0.29, 0.717) is 22.6 Å². The summed E-state index contributed by atoms with van der Waals surface area (Å²) in [6.45, 7) is 4.85. The fourth-order valence-electron chi connectivity index (χ4n) is 5.28. The monoisotopic (exact) mass is 613 g/mol. The van der Waals surface area contributed by atoms with Gasteiger partial charge in [-0.1, -0.05) is 67.3 Å². The highest BCUT2D eigenvalue weighted by molar-refractivity contribution is 7.92. The van der Waals surface area contributed by atoms with E-state index in [1.54, 1.807) is 43.3 Å². The lowest BCUT2D eigenvalue weighted by molar-refractivity contribution is -0.140. The fourth-order valence-corrected chi connectivity index (χ4v) is 6.91. The van der Waals surface area contributed by atoms with Gasteiger partial charge >= 0.3 is 0 Å². The number of sulfonamides is 1. The molecule has 0 aliphatic heterocycles. The molecule has 0 unspecified atom stereocenters. The van der Waals surface area contributed by atoms with Gasteiger partial charge in [0.2, 0.25) is 11.8 Å². The Kier molecular flexibility index (Phi) is 10.3. The van der Waals surface area contributed by atoms with Gasteiger partial charge in [0.05, 0.1) is 10.6 Å². The molecule has 42 heavy (non-hydrogen) atoms. The molecular weight excluding hydrogens is 577 g/mol. The number of carbonyl (C=O) groups excluding carboxylic acids is 2. The molecule has 0 heterocycles. The van der Waals surface area contributed by atoms with Crippen LogP contribution in [0.4, 0.5) is 10.1 Å². The molecule has 1 saturated carbocycles. The van der Waals surface area contributed by atoms with Crippen LogP contribution in [0, 0.1) is 19.7 Å². The number of amides is 2. The number of carbonyl (C=O) groups is 2. The molecule has 7 nitrogen and oxygen atoms in total. The van der Waals surface area contributed by atoms with E-state index >= 15 is 0 Å². The third-order valence-electron chi connectivity index (χ3n) is 7.68. The van der Waals surface area contributed by atoms with Crippen molar-refractivity contribution in [2.24, 2.45) is 0 Å². The molecule has 0 spiro atoms. The number of anilines is 1. The molecule has 0 aromatic heterocycles. The standard InChI is InChI=1S/C32H37ClFN3O4S/c1-4-29(32(39)35-27-7-5-6-8-27)36(20-24-12-15-26(34)16-13-24)31(38)21-37(30-19-25(33)14-11-23(30)3)42(40,41)28-17-9-22(2)10-18-28/h9-19,27,29H,4-8,20-21H2,1-3H3,(H,35,39)/t29-/m1/s1. The Balaban J connectivity index is 1.74. The average molecular weight is 614 g/mol. The van der Waals surface area contributed by atoms with Gasteiger partial charge in [0.25, 0.3) is 10.0 Å². The summed E-state index contributed by atoms with van der Waals surface area (Å²) in [4.78, 5) is 29.1. The van der Waals surface area contributed by atoms with Gasteiger partial charge in [0.15, 0.2) is 0 Å². The largest absolute Gasteiger partial charge is 0.352 e. The highest BCUT2D eigenvalue weighted by atomic mass is 35.5. The van der Waals surface area contributed by atoms with Crippen molar-refractivity contribution in [3.8, 4) is 0 Å². The molecule has 0 saturated heterocycles. The number of rotatable bonds is 11. The maximum absolute atomic E-state index is 14.2. The van der Waals surface area contributed by atoms with Gasteiger partial charge in [-0.05, 0) is 80.6 Å². The van der Waals surface area contributed by atoms with E-state index in [1.807, 2.05) is 13.8 Å². The first kappa shape index (κ1) is 31.5. The molecule has 1 N–H and O–H groups in total. The van der Waals surface area contributed by atoms with Crippen LogP contribution < -0.4 is 9.62 Å². The summed E-state index contributed by atoms with van der Waals surface area (Å²) in [6.07, 6.45) is 4.14. The van der Waals surface area contributed by atoms with Crippen LogP contribution in [0.5, 0.6) is 0 Å². The van der Waals surface area contributed by atoms with Crippen molar-refractivity contribution in [3.63, 3.8) is 0 Å². The van der Waals surface area contributed by atoms with Gasteiger partial charge in [0.1, 0.15) is 18.4 Å². The van der Waals surface area contributed by atoms with Crippen LogP contribution in [-0.4, -0.2) is 43.8 Å². The molecule has 4 rings (SSSR count). The molecule has 1 atom stereocenters. The molecule has 1 aliphatic rings. The summed E-state index contributed by atoms with van der Waals surface area (Å²) in [5.41, 5.74) is 2.38. The van der Waals surface area contributed by atoms with Crippen molar-refractivity contribution >= 4 is 39.1 Å². The third-order valence-corrected chi connectivity index (χ3v) is 9.69. The Morgan fingerprint density at radius 1 is 1.00 bits per heavy atom. The van der Waals surface area contributed by atoms with Crippen LogP contribution in [-0.2, 0) is 26.2 Å². The SMILES string of the molecule is CC[C@H](C(=O)NC1CCCC1)N(Cc1ccc(F)cc1)C(=O)CN(c1cc(Cl)ccc1C)S(=O)(=O)c1ccc(C)cc1. The molecule has 0 bridgehead atoms. The van der Waals surface area contributed by atoms with E-state index in [-0.39, 0.29) is 29.1 Å². The smallest absolute Gasteiger partial charge is 0.264 e. The van der Waals surface area contributed by atoms with Crippen LogP contribution in [0.1, 0.15) is 55.7 Å². The van der Waals surface area contributed by atoms with Crippen LogP contribution in [0.15, 0.2) is 71.6 Å². The lowest BCUT2D eigenvalue weighted by Gasteiger charge is -2.34. The Hall–Kier alpha value is -3.43. The van der Waals surface area contributed by atoms with Gasteiger partial charge in [-0.25, -0.2) is 12.8 Å². The Morgan fingerprint density at radius 2 is 1.64 bits per heavy atom. The zero-order valence-corrected chi connectivity index (χ0v) is 25.7. The number of aryl methyl sites for hydroxylation is 2. The second-order valence-corrected chi connectivity index (χ2v) is 13.1. The van der Waals surface area contributed by atoms with E-state index < -0.39 is 34.3 Å². The van der Waals surface area contributed by atoms with Gasteiger partial charge in [-0.3, -0.25) is 13.9 Å². The number of hydrogen-bond acceptors (Lipinski definition) is 4. The Bertz CT molecular complexity index is 1510. The number of halogens is 2. The maximum atomic E-state index is 14.2. The zero-order chi connectivity index (χ0) is 30.4. The minimum absolute atomic E-state index is 0.00263. The second-order valence-electron chi connectivity index (χ2n) is 10.8. The molecule has 2 amide bonds. The van der Waals surface area contributed by atoms with Crippen molar-refractivity contribution in [1.29, 1.82) is 0 Å². The number of nitrogens with one attached hydrogen (secondary N) is 1. The second kappa shape index (κ2) is 13.7. The zero-order valence-electron chi connectivity index (χ0n) is 24.1. The molecule has 1 aliphatic carbocycles. The first-order valence-corrected chi connectivity index (χ1v) is 16.0. The lowest BCUT2D eigenvalue weighted by Crippen LogP contribution is -2.53. The molecule has 3 aromatic rings. The summed E-state index contributed by atoms with van der Waals surface area (Å²) in [6, 6.07) is 16.1. The predicted molar refractivity (Wildman–Crippen MR) is 163 cm³/mol. The summed E-state index contributed by atoms with van der Waals surface area (Å²) < 4.78 is 42.8.